The molecule has 1 aliphatic rings. The van der Waals surface area contributed by atoms with E-state index in [9.17, 15) is 0 Å². The van der Waals surface area contributed by atoms with Crippen molar-refractivity contribution in [3.63, 3.8) is 0 Å². The van der Waals surface area contributed by atoms with Crippen LogP contribution in [0.4, 0.5) is 0 Å². The van der Waals surface area contributed by atoms with Crippen molar-refractivity contribution in [2.45, 2.75) is 19.8 Å². The van der Waals surface area contributed by atoms with E-state index >= 15 is 0 Å². The van der Waals surface area contributed by atoms with Crippen molar-refractivity contribution in [1.82, 2.24) is 0 Å². The van der Waals surface area contributed by atoms with E-state index < -0.39 is 0 Å². The molecule has 0 aromatic carbocycles. The summed E-state index contributed by atoms with van der Waals surface area (Å²) in [7, 11) is 0. The van der Waals surface area contributed by atoms with Crippen molar-refractivity contribution >= 4 is 0 Å². The first kappa shape index (κ1) is 7.33. The quantitative estimate of drug-likeness (QED) is 0.544. The summed E-state index contributed by atoms with van der Waals surface area (Å²) in [5.41, 5.74) is 0. The lowest BCUT2D eigenvalue weighted by molar-refractivity contribution is 0.691. The highest BCUT2D eigenvalue weighted by Crippen LogP contribution is 2.11. The van der Waals surface area contributed by atoms with Gasteiger partial charge in [0.05, 0.1) is 0 Å². The average molecular weight is 134 g/mol. The van der Waals surface area contributed by atoms with Crippen molar-refractivity contribution < 1.29 is 0 Å². The molecule has 0 saturated heterocycles. The fourth-order valence-corrected chi connectivity index (χ4v) is 1.13. The summed E-state index contributed by atoms with van der Waals surface area (Å²) in [5.74, 6) is 0.667. The van der Waals surface area contributed by atoms with Gasteiger partial charge in [-0.25, -0.2) is 0 Å². The van der Waals surface area contributed by atoms with Crippen LogP contribution in [-0.2, 0) is 0 Å². The van der Waals surface area contributed by atoms with Crippen LogP contribution >= 0.6 is 0 Å². The minimum atomic E-state index is 0.667. The smallest absolute Gasteiger partial charge is 0.00474 e. The molecule has 0 heterocycles. The molecule has 0 nitrogen and oxygen atoms in total. The highest BCUT2D eigenvalue weighted by Gasteiger charge is 1.96. The number of hydrogen-bond acceptors (Lipinski definition) is 0. The molecule has 0 unspecified atom stereocenters. The third-order valence-electron chi connectivity index (χ3n) is 1.67. The molecule has 1 aliphatic carbocycles. The molecule has 10 heavy (non-hydrogen) atoms. The maximum atomic E-state index is 2.25. The van der Waals surface area contributed by atoms with E-state index in [1.807, 2.05) is 0 Å². The summed E-state index contributed by atoms with van der Waals surface area (Å²) in [6.45, 7) is 2.22. The molecule has 0 spiro atoms. The second-order valence-corrected chi connectivity index (χ2v) is 2.61. The molecule has 0 atom stereocenters. The summed E-state index contributed by atoms with van der Waals surface area (Å²) < 4.78 is 0. The fraction of sp³-hybridized carbons (Fsp3) is 0.400. The van der Waals surface area contributed by atoms with Crippen molar-refractivity contribution in [3.8, 4) is 0 Å². The SMILES string of the molecule is CCCC1C=CC=CC=C1. The molecule has 0 aromatic heterocycles. The Kier molecular flexibility index (Phi) is 3.01. The maximum absolute atomic E-state index is 2.25. The van der Waals surface area contributed by atoms with Crippen molar-refractivity contribution in [1.29, 1.82) is 0 Å². The van der Waals surface area contributed by atoms with Gasteiger partial charge in [0.1, 0.15) is 0 Å². The summed E-state index contributed by atoms with van der Waals surface area (Å²) in [5, 5.41) is 0. The highest BCUT2D eigenvalue weighted by atomic mass is 14.0. The topological polar surface area (TPSA) is 0 Å². The van der Waals surface area contributed by atoms with Gasteiger partial charge in [0.15, 0.2) is 0 Å². The van der Waals surface area contributed by atoms with Crippen LogP contribution in [0.15, 0.2) is 36.5 Å². The van der Waals surface area contributed by atoms with E-state index in [0.717, 1.165) is 0 Å². The lowest BCUT2D eigenvalue weighted by Gasteiger charge is -2.02. The predicted octanol–water partition coefficient (Wildman–Crippen LogP) is 3.08. The molecule has 0 radical (unpaired) electrons. The van der Waals surface area contributed by atoms with Gasteiger partial charge in [0.2, 0.25) is 0 Å². The summed E-state index contributed by atoms with van der Waals surface area (Å²) >= 11 is 0. The molecule has 0 aliphatic heterocycles. The third-order valence-corrected chi connectivity index (χ3v) is 1.67. The van der Waals surface area contributed by atoms with Gasteiger partial charge in [0, 0.05) is 0 Å². The maximum Gasteiger partial charge on any atom is -0.00474 e. The van der Waals surface area contributed by atoms with Crippen molar-refractivity contribution in [2.75, 3.05) is 0 Å². The molecule has 0 aromatic rings. The largest absolute Gasteiger partial charge is 0.0776 e. The Bertz CT molecular complexity index is 145. The number of rotatable bonds is 2. The molecule has 0 heteroatoms. The number of allylic oxidation sites excluding steroid dienone is 6. The predicted molar refractivity (Wildman–Crippen MR) is 45.8 cm³/mol. The highest BCUT2D eigenvalue weighted by molar-refractivity contribution is 5.19. The van der Waals surface area contributed by atoms with E-state index in [1.54, 1.807) is 0 Å². The molecule has 0 bridgehead atoms. The van der Waals surface area contributed by atoms with Gasteiger partial charge in [-0.05, 0) is 12.3 Å². The summed E-state index contributed by atoms with van der Waals surface area (Å²) in [6.07, 6.45) is 15.4. The standard InChI is InChI=1S/C10H14/c1-2-7-10-8-5-3-4-6-9-10/h3-6,8-10H,2,7H2,1H3. The van der Waals surface area contributed by atoms with Crippen LogP contribution in [-0.4, -0.2) is 0 Å². The molecule has 54 valence electrons. The van der Waals surface area contributed by atoms with Gasteiger partial charge >= 0.3 is 0 Å². The van der Waals surface area contributed by atoms with Crippen LogP contribution in [0.1, 0.15) is 19.8 Å². The molecule has 1 rings (SSSR count). The zero-order valence-corrected chi connectivity index (χ0v) is 6.46. The minimum absolute atomic E-state index is 0.667. The zero-order chi connectivity index (χ0) is 7.23. The minimum Gasteiger partial charge on any atom is -0.0776 e. The molecular weight excluding hydrogens is 120 g/mol. The van der Waals surface area contributed by atoms with Crippen molar-refractivity contribution in [2.24, 2.45) is 5.92 Å². The first-order chi connectivity index (χ1) is 4.93. The third kappa shape index (κ3) is 2.22. The van der Waals surface area contributed by atoms with Gasteiger partial charge in [0.25, 0.3) is 0 Å². The van der Waals surface area contributed by atoms with Gasteiger partial charge in [-0.3, -0.25) is 0 Å². The summed E-state index contributed by atoms with van der Waals surface area (Å²) in [6, 6.07) is 0. The van der Waals surface area contributed by atoms with Gasteiger partial charge in [-0.15, -0.1) is 0 Å². The fourth-order valence-electron chi connectivity index (χ4n) is 1.13. The Morgan fingerprint density at radius 1 is 1.00 bits per heavy atom. The zero-order valence-electron chi connectivity index (χ0n) is 6.46. The van der Waals surface area contributed by atoms with Crippen LogP contribution in [0.25, 0.3) is 0 Å². The Hall–Kier alpha value is -0.780. The van der Waals surface area contributed by atoms with E-state index in [1.165, 1.54) is 12.8 Å². The van der Waals surface area contributed by atoms with Gasteiger partial charge < -0.3 is 0 Å². The Morgan fingerprint density at radius 3 is 2.10 bits per heavy atom. The first-order valence-corrected chi connectivity index (χ1v) is 3.95. The molecule has 0 N–H and O–H groups in total. The molecule has 0 saturated carbocycles. The van der Waals surface area contributed by atoms with E-state index in [4.69, 9.17) is 0 Å². The first-order valence-electron chi connectivity index (χ1n) is 3.95. The van der Waals surface area contributed by atoms with Crippen LogP contribution in [0.5, 0.6) is 0 Å². The lowest BCUT2D eigenvalue weighted by atomic mass is 10.0. The average Bonchev–Trinajstić information content (AvgIpc) is 2.17. The normalized spacial score (nSPS) is 17.7. The Balaban J connectivity index is 2.46. The summed E-state index contributed by atoms with van der Waals surface area (Å²) in [4.78, 5) is 0. The monoisotopic (exact) mass is 134 g/mol. The second-order valence-electron chi connectivity index (χ2n) is 2.61. The van der Waals surface area contributed by atoms with E-state index in [2.05, 4.69) is 43.4 Å². The number of hydrogen-bond donors (Lipinski definition) is 0. The van der Waals surface area contributed by atoms with Crippen LogP contribution in [0, 0.1) is 5.92 Å². The van der Waals surface area contributed by atoms with Gasteiger partial charge in [-0.2, -0.15) is 0 Å². The van der Waals surface area contributed by atoms with Crippen molar-refractivity contribution in [3.05, 3.63) is 36.5 Å². The molecule has 0 fully saturated rings. The Morgan fingerprint density at radius 2 is 1.60 bits per heavy atom. The second kappa shape index (κ2) is 4.10. The molecule has 0 amide bonds. The lowest BCUT2D eigenvalue weighted by Crippen LogP contribution is -1.88. The van der Waals surface area contributed by atoms with Crippen LogP contribution < -0.4 is 0 Å². The Labute approximate surface area is 62.9 Å². The van der Waals surface area contributed by atoms with E-state index in [-0.39, 0.29) is 0 Å². The van der Waals surface area contributed by atoms with Crippen LogP contribution in [0.2, 0.25) is 0 Å². The van der Waals surface area contributed by atoms with Gasteiger partial charge in [-0.1, -0.05) is 49.8 Å². The van der Waals surface area contributed by atoms with E-state index in [0.29, 0.717) is 5.92 Å². The molecular formula is C10H14. The van der Waals surface area contributed by atoms with Crippen LogP contribution in [0.3, 0.4) is 0 Å².